The van der Waals surface area contributed by atoms with Crippen molar-refractivity contribution in [3.63, 3.8) is 0 Å². The van der Waals surface area contributed by atoms with E-state index in [-0.39, 0.29) is 42.7 Å². The zero-order chi connectivity index (χ0) is 37.8. The molecule has 18 heteroatoms. The lowest BCUT2D eigenvalue weighted by Gasteiger charge is -2.30. The lowest BCUT2D eigenvalue weighted by atomic mass is 9.97. The van der Waals surface area contributed by atoms with E-state index in [4.69, 9.17) is 5.73 Å². The monoisotopic (exact) mass is 751 g/mol. The summed E-state index contributed by atoms with van der Waals surface area (Å²) in [5.74, 6) is -5.16. The summed E-state index contributed by atoms with van der Waals surface area (Å²) >= 11 is 8.23. The largest absolute Gasteiger partial charge is 0.508 e. The number of rotatable bonds is 17. The van der Waals surface area contributed by atoms with Crippen molar-refractivity contribution in [2.45, 2.75) is 88.6 Å². The Morgan fingerprint density at radius 2 is 1.45 bits per heavy atom. The molecule has 8 N–H and O–H groups in total. The number of aromatic hydroxyl groups is 1. The van der Waals surface area contributed by atoms with Crippen LogP contribution >= 0.6 is 25.3 Å². The SMILES string of the molecule is CC[C@H](C)[C@H](NC(=O)[C@@H](N)Cc1ccc(O)cc1)C(=O)N[C@@H](CS)C(=O)N1CCC[C@H]1C(=O)NCC(=O)N1CCC[C@H]1C(=O)N[C@@H](CS)C(=O)O. The number of nitrogens with zero attached hydrogens (tertiary/aromatic N) is 2. The first-order valence-corrected chi connectivity index (χ1v) is 18.3. The topological polar surface area (TPSA) is 241 Å². The number of phenolic OH excluding ortho intramolecular Hbond substituents is 1. The number of carbonyl (C=O) groups excluding carboxylic acids is 6. The molecule has 0 radical (unpaired) electrons. The number of hydrogen-bond acceptors (Lipinski definition) is 11. The van der Waals surface area contributed by atoms with Gasteiger partial charge in [0.05, 0.1) is 12.6 Å². The Hall–Kier alpha value is -4.03. The zero-order valence-electron chi connectivity index (χ0n) is 28.7. The molecule has 0 aliphatic carbocycles. The van der Waals surface area contributed by atoms with E-state index in [1.165, 1.54) is 21.9 Å². The third kappa shape index (κ3) is 11.2. The molecule has 0 unspecified atom stereocenters. The second-order valence-electron chi connectivity index (χ2n) is 12.8. The van der Waals surface area contributed by atoms with Crippen LogP contribution in [0.5, 0.6) is 5.75 Å². The van der Waals surface area contributed by atoms with Gasteiger partial charge in [-0.15, -0.1) is 0 Å². The smallest absolute Gasteiger partial charge is 0.327 e. The summed E-state index contributed by atoms with van der Waals surface area (Å²) in [6.07, 6.45) is 2.37. The third-order valence-electron chi connectivity index (χ3n) is 9.24. The molecule has 2 fully saturated rings. The zero-order valence-corrected chi connectivity index (χ0v) is 30.5. The predicted octanol–water partition coefficient (Wildman–Crippen LogP) is -1.20. The van der Waals surface area contributed by atoms with Crippen LogP contribution in [0.25, 0.3) is 0 Å². The molecule has 0 saturated carbocycles. The highest BCUT2D eigenvalue weighted by Gasteiger charge is 2.40. The fraction of sp³-hybridized carbons (Fsp3) is 0.606. The normalized spacial score (nSPS) is 20.0. The van der Waals surface area contributed by atoms with Gasteiger partial charge in [-0.3, -0.25) is 28.8 Å². The van der Waals surface area contributed by atoms with Gasteiger partial charge in [-0.2, -0.15) is 25.3 Å². The summed E-state index contributed by atoms with van der Waals surface area (Å²) in [4.78, 5) is 93.1. The number of carbonyl (C=O) groups is 7. The van der Waals surface area contributed by atoms with Crippen LogP contribution in [-0.2, 0) is 40.0 Å². The number of carboxylic acid groups (broad SMARTS) is 1. The second-order valence-corrected chi connectivity index (χ2v) is 13.6. The molecule has 0 aromatic heterocycles. The molecule has 0 spiro atoms. The molecule has 7 atom stereocenters. The van der Waals surface area contributed by atoms with Crippen LogP contribution in [-0.4, -0.2) is 129 Å². The molecule has 282 valence electrons. The molecule has 6 amide bonds. The Balaban J connectivity index is 1.59. The minimum atomic E-state index is -1.25. The van der Waals surface area contributed by atoms with Gasteiger partial charge in [0.15, 0.2) is 0 Å². The molecule has 1 aromatic rings. The van der Waals surface area contributed by atoms with Crippen molar-refractivity contribution in [2.24, 2.45) is 11.7 Å². The maximum absolute atomic E-state index is 13.7. The molecule has 2 saturated heterocycles. The number of phenols is 1. The molecule has 51 heavy (non-hydrogen) atoms. The van der Waals surface area contributed by atoms with Crippen molar-refractivity contribution < 1.29 is 43.8 Å². The first kappa shape index (κ1) is 41.4. The van der Waals surface area contributed by atoms with Crippen LogP contribution in [0.15, 0.2) is 24.3 Å². The minimum absolute atomic E-state index is 0.0767. The van der Waals surface area contributed by atoms with Gasteiger partial charge >= 0.3 is 5.97 Å². The molecule has 16 nitrogen and oxygen atoms in total. The summed E-state index contributed by atoms with van der Waals surface area (Å²) < 4.78 is 0. The van der Waals surface area contributed by atoms with Crippen LogP contribution in [0.2, 0.25) is 0 Å². The van der Waals surface area contributed by atoms with Crippen molar-refractivity contribution in [3.8, 4) is 5.75 Å². The maximum Gasteiger partial charge on any atom is 0.327 e. The van der Waals surface area contributed by atoms with Gasteiger partial charge < -0.3 is 47.0 Å². The number of likely N-dealkylation sites (tertiary alicyclic amines) is 2. The molecule has 3 rings (SSSR count). The maximum atomic E-state index is 13.7. The standard InChI is InChI=1S/C33H49N7O9S2/c1-3-18(2)27(38-28(43)21(34)14-19-8-10-20(41)11-9-19)31(46)36-22(16-50)32(47)40-13-5-6-24(40)29(44)35-15-26(42)39-12-4-7-25(39)30(45)37-23(17-51)33(48)49/h8-11,18,21-25,27,41,50-51H,3-7,12-17,34H2,1-2H3,(H,35,44)(H,36,46)(H,37,45)(H,38,43)(H,48,49)/t18-,21-,22-,23-,24-,25-,27-/m0/s1. The van der Waals surface area contributed by atoms with E-state index in [2.05, 4.69) is 46.5 Å². The van der Waals surface area contributed by atoms with E-state index in [0.717, 1.165) is 5.56 Å². The number of nitrogens with one attached hydrogen (secondary N) is 4. The molecule has 2 aliphatic rings. The Bertz CT molecular complexity index is 1430. The lowest BCUT2D eigenvalue weighted by Crippen LogP contribution is -2.59. The predicted molar refractivity (Wildman–Crippen MR) is 193 cm³/mol. The first-order valence-electron chi connectivity index (χ1n) is 17.0. The summed E-state index contributed by atoms with van der Waals surface area (Å²) in [5.41, 5.74) is 6.85. The van der Waals surface area contributed by atoms with E-state index in [1.807, 2.05) is 6.92 Å². The highest BCUT2D eigenvalue weighted by atomic mass is 32.1. The van der Waals surface area contributed by atoms with E-state index >= 15 is 0 Å². The van der Waals surface area contributed by atoms with E-state index in [9.17, 15) is 43.8 Å². The van der Waals surface area contributed by atoms with Crippen molar-refractivity contribution in [1.29, 1.82) is 0 Å². The average molecular weight is 752 g/mol. The molecule has 0 bridgehead atoms. The number of benzene rings is 1. The van der Waals surface area contributed by atoms with Gasteiger partial charge in [0.25, 0.3) is 0 Å². The van der Waals surface area contributed by atoms with Crippen LogP contribution in [0.3, 0.4) is 0 Å². The van der Waals surface area contributed by atoms with Gasteiger partial charge in [-0.25, -0.2) is 4.79 Å². The number of amides is 6. The third-order valence-corrected chi connectivity index (χ3v) is 9.97. The molecular formula is C33H49N7O9S2. The number of thiol groups is 2. The van der Waals surface area contributed by atoms with Gasteiger partial charge in [0.1, 0.15) is 36.0 Å². The lowest BCUT2D eigenvalue weighted by molar-refractivity contribution is -0.144. The van der Waals surface area contributed by atoms with Crippen LogP contribution < -0.4 is 27.0 Å². The fourth-order valence-corrected chi connectivity index (χ4v) is 6.56. The van der Waals surface area contributed by atoms with Crippen LogP contribution in [0.1, 0.15) is 51.5 Å². The Kier molecular flexibility index (Phi) is 15.9. The minimum Gasteiger partial charge on any atom is -0.508 e. The van der Waals surface area contributed by atoms with Crippen molar-refractivity contribution in [2.75, 3.05) is 31.1 Å². The number of nitrogens with two attached hydrogens (primary N) is 1. The van der Waals surface area contributed by atoms with Crippen LogP contribution in [0, 0.1) is 5.92 Å². The fourth-order valence-electron chi connectivity index (χ4n) is 6.06. The quantitative estimate of drug-likeness (QED) is 0.0863. The number of aliphatic carboxylic acids is 1. The molecule has 2 heterocycles. The van der Waals surface area contributed by atoms with Crippen molar-refractivity contribution >= 4 is 66.7 Å². The van der Waals surface area contributed by atoms with Crippen molar-refractivity contribution in [3.05, 3.63) is 29.8 Å². The van der Waals surface area contributed by atoms with Crippen LogP contribution in [0.4, 0.5) is 0 Å². The molecule has 2 aliphatic heterocycles. The summed E-state index contributed by atoms with van der Waals surface area (Å²) in [6.45, 7) is 3.68. The molecule has 1 aromatic carbocycles. The summed E-state index contributed by atoms with van der Waals surface area (Å²) in [7, 11) is 0. The number of carboxylic acids is 1. The summed E-state index contributed by atoms with van der Waals surface area (Å²) in [5, 5.41) is 29.1. The van der Waals surface area contributed by atoms with E-state index in [0.29, 0.717) is 32.1 Å². The summed E-state index contributed by atoms with van der Waals surface area (Å²) in [6, 6.07) is 0.104. The van der Waals surface area contributed by atoms with E-state index in [1.54, 1.807) is 19.1 Å². The van der Waals surface area contributed by atoms with Gasteiger partial charge in [-0.05, 0) is 55.7 Å². The van der Waals surface area contributed by atoms with Gasteiger partial charge in [-0.1, -0.05) is 32.4 Å². The highest BCUT2D eigenvalue weighted by Crippen LogP contribution is 2.21. The second kappa shape index (κ2) is 19.5. The highest BCUT2D eigenvalue weighted by molar-refractivity contribution is 7.80. The Labute approximate surface area is 307 Å². The Morgan fingerprint density at radius 1 is 0.863 bits per heavy atom. The van der Waals surface area contributed by atoms with Crippen molar-refractivity contribution in [1.82, 2.24) is 31.1 Å². The molecular weight excluding hydrogens is 703 g/mol. The Morgan fingerprint density at radius 3 is 2.02 bits per heavy atom. The average Bonchev–Trinajstić information content (AvgIpc) is 3.81. The van der Waals surface area contributed by atoms with E-state index < -0.39 is 84.2 Å². The van der Waals surface area contributed by atoms with Gasteiger partial charge in [0.2, 0.25) is 35.4 Å². The van der Waals surface area contributed by atoms with Gasteiger partial charge in [0, 0.05) is 24.6 Å². The number of hydrogen-bond donors (Lipinski definition) is 9. The first-order chi connectivity index (χ1) is 24.2.